The topological polar surface area (TPSA) is 232 Å². The molecular formula is C43H34FN9O6S. The lowest BCUT2D eigenvalue weighted by atomic mass is 9.98. The molecule has 0 aliphatic carbocycles. The molecule has 5 heterocycles. The predicted octanol–water partition coefficient (Wildman–Crippen LogP) is 6.25. The number of halogens is 1. The van der Waals surface area contributed by atoms with Gasteiger partial charge in [-0.25, -0.2) is 18.9 Å². The molecule has 0 aliphatic heterocycles. The van der Waals surface area contributed by atoms with Gasteiger partial charge >= 0.3 is 11.9 Å². The predicted molar refractivity (Wildman–Crippen MR) is 223 cm³/mol. The van der Waals surface area contributed by atoms with Gasteiger partial charge in [0.25, 0.3) is 11.8 Å². The van der Waals surface area contributed by atoms with Crippen LogP contribution in [0, 0.1) is 5.82 Å². The number of aliphatic carboxylic acids is 2. The fourth-order valence-corrected chi connectivity index (χ4v) is 7.76. The van der Waals surface area contributed by atoms with E-state index >= 15 is 4.39 Å². The Kier molecular flexibility index (Phi) is 10.7. The number of nitrogens with one attached hydrogen (secondary N) is 2. The summed E-state index contributed by atoms with van der Waals surface area (Å²) in [7, 11) is 0. The third-order valence-corrected chi connectivity index (χ3v) is 10.7. The maximum absolute atomic E-state index is 15.6. The normalized spacial score (nSPS) is 11.2. The summed E-state index contributed by atoms with van der Waals surface area (Å²) in [6, 6.07) is 23.7. The lowest BCUT2D eigenvalue weighted by molar-refractivity contribution is -0.137. The molecule has 0 fully saturated rings. The average Bonchev–Trinajstić information content (AvgIpc) is 4.00. The van der Waals surface area contributed by atoms with E-state index in [9.17, 15) is 29.4 Å². The highest BCUT2D eigenvalue weighted by atomic mass is 32.1. The molecule has 0 aliphatic rings. The van der Waals surface area contributed by atoms with Crippen LogP contribution in [0.2, 0.25) is 0 Å². The Hall–Kier alpha value is -7.60. The molecule has 8 rings (SSSR count). The van der Waals surface area contributed by atoms with Crippen LogP contribution in [0.15, 0.2) is 109 Å². The zero-order valence-corrected chi connectivity index (χ0v) is 32.2. The van der Waals surface area contributed by atoms with Crippen LogP contribution >= 0.6 is 11.3 Å². The van der Waals surface area contributed by atoms with E-state index in [1.165, 1.54) is 21.9 Å². The first-order chi connectivity index (χ1) is 29.0. The number of thiophene rings is 1. The third kappa shape index (κ3) is 7.70. The molecule has 0 spiro atoms. The van der Waals surface area contributed by atoms with Crippen molar-refractivity contribution < 1.29 is 33.8 Å². The van der Waals surface area contributed by atoms with Gasteiger partial charge in [0, 0.05) is 58.9 Å². The van der Waals surface area contributed by atoms with Crippen molar-refractivity contribution in [3.05, 3.63) is 148 Å². The Bertz CT molecular complexity index is 3010. The Morgan fingerprint density at radius 2 is 1.43 bits per heavy atom. The van der Waals surface area contributed by atoms with Crippen molar-refractivity contribution in [1.29, 1.82) is 0 Å². The van der Waals surface area contributed by atoms with Gasteiger partial charge in [-0.15, -0.1) is 16.4 Å². The maximum atomic E-state index is 15.6. The molecule has 0 unspecified atom stereocenters. The number of rotatable bonds is 13. The number of nitrogens with zero attached hydrogens (tertiary/aromatic N) is 5. The number of nitrogens with two attached hydrogens (primary N) is 2. The number of carbonyl (C=O) groups excluding carboxylic acids is 2. The number of para-hydroxylation sites is 1. The second-order valence-electron chi connectivity index (χ2n) is 13.6. The Morgan fingerprint density at radius 3 is 2.20 bits per heavy atom. The molecule has 60 heavy (non-hydrogen) atoms. The van der Waals surface area contributed by atoms with E-state index in [2.05, 4.69) is 20.7 Å². The number of hydrogen-bond donors (Lipinski definition) is 6. The molecule has 15 nitrogen and oxygen atoms in total. The van der Waals surface area contributed by atoms with Gasteiger partial charge in [0.15, 0.2) is 17.2 Å². The molecule has 0 bridgehead atoms. The smallest absolute Gasteiger partial charge is 0.308 e. The highest BCUT2D eigenvalue weighted by Crippen LogP contribution is 2.33. The zero-order valence-electron chi connectivity index (χ0n) is 31.4. The summed E-state index contributed by atoms with van der Waals surface area (Å²) in [4.78, 5) is 60.4. The van der Waals surface area contributed by atoms with E-state index in [-0.39, 0.29) is 59.8 Å². The van der Waals surface area contributed by atoms with Gasteiger partial charge in [-0.05, 0) is 64.5 Å². The zero-order chi connectivity index (χ0) is 42.1. The highest BCUT2D eigenvalue weighted by molar-refractivity contribution is 7.10. The highest BCUT2D eigenvalue weighted by Gasteiger charge is 2.23. The molecule has 8 aromatic rings. The molecule has 0 saturated carbocycles. The van der Waals surface area contributed by atoms with Crippen LogP contribution in [0.5, 0.6) is 0 Å². The standard InChI is InChI=1S/C43H34FN9O6S/c44-38-25(19-45)6-3-7-29(38)41-50-40(43(59)49-31-12-14-60-35(31)18-37(56)57)34-16-27(21-53(34)51-41)28-11-10-24(15-26(28)20-46)32-22-52-13-4-9-33(52)39(47-32)42(58)48-30-8-2-1-5-23(30)17-36(54)55/h1-16,21-22H,17-20,45-46H2,(H,48,58)(H,49,59)(H,54,55)(H,56,57). The number of amides is 2. The SMILES string of the molecule is NCc1cc(-c2cn3cccc3c(C(=O)Nc3ccccc3CC(=O)O)n2)ccc1-c1cc2c(C(=O)Nc3ccsc3CC(=O)O)nc(-c3cccc(CN)c3F)nn2c1. The van der Waals surface area contributed by atoms with Crippen LogP contribution in [-0.2, 0) is 35.5 Å². The molecule has 8 N–H and O–H groups in total. The van der Waals surface area contributed by atoms with Gasteiger partial charge in [0.05, 0.1) is 40.8 Å². The van der Waals surface area contributed by atoms with Gasteiger partial charge in [0.2, 0.25) is 0 Å². The number of benzene rings is 3. The van der Waals surface area contributed by atoms with Crippen molar-refractivity contribution in [3.8, 4) is 33.8 Å². The number of carbonyl (C=O) groups is 4. The number of hydrogen-bond acceptors (Lipinski definition) is 10. The summed E-state index contributed by atoms with van der Waals surface area (Å²) in [5.74, 6) is -3.99. The molecular weight excluding hydrogens is 790 g/mol. The quantitative estimate of drug-likeness (QED) is 0.0760. The number of anilines is 2. The average molecular weight is 824 g/mol. The number of carboxylic acids is 2. The minimum absolute atomic E-state index is 0.0305. The number of carboxylic acid groups (broad SMARTS) is 2. The summed E-state index contributed by atoms with van der Waals surface area (Å²) in [6.45, 7) is 0.0124. The van der Waals surface area contributed by atoms with Crippen molar-refractivity contribution in [2.75, 3.05) is 10.6 Å². The van der Waals surface area contributed by atoms with Gasteiger partial charge < -0.3 is 36.7 Å². The van der Waals surface area contributed by atoms with Crippen molar-refractivity contribution in [3.63, 3.8) is 0 Å². The molecule has 0 saturated heterocycles. The molecule has 3 aromatic carbocycles. The van der Waals surface area contributed by atoms with Crippen molar-refractivity contribution in [1.82, 2.24) is 24.0 Å². The first-order valence-corrected chi connectivity index (χ1v) is 19.3. The third-order valence-electron chi connectivity index (χ3n) is 9.79. The lowest BCUT2D eigenvalue weighted by Gasteiger charge is -2.13. The number of aromatic nitrogens is 5. The Morgan fingerprint density at radius 1 is 0.700 bits per heavy atom. The summed E-state index contributed by atoms with van der Waals surface area (Å²) in [5.41, 5.74) is 17.4. The monoisotopic (exact) mass is 823 g/mol. The molecule has 5 aromatic heterocycles. The second-order valence-corrected chi connectivity index (χ2v) is 14.6. The molecule has 0 radical (unpaired) electrons. The van der Waals surface area contributed by atoms with Crippen molar-refractivity contribution in [2.45, 2.75) is 25.9 Å². The molecule has 0 atom stereocenters. The van der Waals surface area contributed by atoms with E-state index in [4.69, 9.17) is 16.5 Å². The molecule has 300 valence electrons. The van der Waals surface area contributed by atoms with Crippen LogP contribution in [0.4, 0.5) is 15.8 Å². The van der Waals surface area contributed by atoms with Gasteiger partial charge in [-0.2, -0.15) is 0 Å². The fraction of sp³-hybridized carbons (Fsp3) is 0.0930. The minimum atomic E-state index is -1.06. The second kappa shape index (κ2) is 16.3. The van der Waals surface area contributed by atoms with Crippen LogP contribution in [0.3, 0.4) is 0 Å². The lowest BCUT2D eigenvalue weighted by Crippen LogP contribution is -2.17. The largest absolute Gasteiger partial charge is 0.481 e. The van der Waals surface area contributed by atoms with Gasteiger partial charge in [0.1, 0.15) is 5.82 Å². The minimum Gasteiger partial charge on any atom is -0.481 e. The van der Waals surface area contributed by atoms with E-state index in [1.54, 1.807) is 89.0 Å². The fourth-order valence-electron chi connectivity index (χ4n) is 6.94. The summed E-state index contributed by atoms with van der Waals surface area (Å²) in [6.07, 6.45) is 4.67. The van der Waals surface area contributed by atoms with Crippen molar-refractivity contribution >= 4 is 57.5 Å². The Balaban J connectivity index is 1.19. The van der Waals surface area contributed by atoms with Crippen LogP contribution in [0.1, 0.15) is 42.5 Å². The van der Waals surface area contributed by atoms with Crippen LogP contribution < -0.4 is 22.1 Å². The first kappa shape index (κ1) is 39.2. The Labute approximate surface area is 343 Å². The molecule has 2 amide bonds. The summed E-state index contributed by atoms with van der Waals surface area (Å²) in [5, 5.41) is 30.7. The van der Waals surface area contributed by atoms with E-state index in [1.807, 2.05) is 18.2 Å². The van der Waals surface area contributed by atoms with E-state index < -0.39 is 29.6 Å². The summed E-state index contributed by atoms with van der Waals surface area (Å²) < 4.78 is 18.8. The van der Waals surface area contributed by atoms with E-state index in [0.717, 1.165) is 0 Å². The van der Waals surface area contributed by atoms with Crippen molar-refractivity contribution in [2.24, 2.45) is 11.5 Å². The molecule has 17 heteroatoms. The van der Waals surface area contributed by atoms with E-state index in [0.29, 0.717) is 55.3 Å². The van der Waals surface area contributed by atoms with Crippen LogP contribution in [0.25, 0.3) is 44.8 Å². The van der Waals surface area contributed by atoms with Crippen LogP contribution in [-0.4, -0.2) is 57.9 Å². The van der Waals surface area contributed by atoms with Gasteiger partial charge in [-0.1, -0.05) is 42.5 Å². The summed E-state index contributed by atoms with van der Waals surface area (Å²) >= 11 is 1.18. The first-order valence-electron chi connectivity index (χ1n) is 18.4. The number of fused-ring (bicyclic) bond motifs is 2. The van der Waals surface area contributed by atoms with Gasteiger partial charge in [-0.3, -0.25) is 19.2 Å². The maximum Gasteiger partial charge on any atom is 0.308 e.